The van der Waals surface area contributed by atoms with Crippen LogP contribution in [0.2, 0.25) is 0 Å². The third-order valence-electron chi connectivity index (χ3n) is 5.53. The fourth-order valence-corrected chi connectivity index (χ4v) is 3.88. The van der Waals surface area contributed by atoms with E-state index >= 15 is 0 Å². The molecule has 34 heavy (non-hydrogen) atoms. The Kier molecular flexibility index (Phi) is 5.43. The molecule has 4 aromatic rings. The van der Waals surface area contributed by atoms with Crippen LogP contribution in [0.3, 0.4) is 0 Å². The van der Waals surface area contributed by atoms with Crippen LogP contribution in [-0.2, 0) is 0 Å². The second-order valence-corrected chi connectivity index (χ2v) is 8.01. The van der Waals surface area contributed by atoms with E-state index in [1.165, 1.54) is 6.33 Å². The summed E-state index contributed by atoms with van der Waals surface area (Å²) < 4.78 is 7.28. The number of hydrogen-bond acceptors (Lipinski definition) is 10. The highest BCUT2D eigenvalue weighted by Crippen LogP contribution is 2.37. The molecule has 0 bridgehead atoms. The second kappa shape index (κ2) is 8.57. The number of anilines is 2. The number of hydrogen-bond donors (Lipinski definition) is 3. The van der Waals surface area contributed by atoms with Crippen molar-refractivity contribution in [1.82, 2.24) is 29.7 Å². The molecule has 1 fully saturated rings. The van der Waals surface area contributed by atoms with Crippen LogP contribution in [-0.4, -0.2) is 41.4 Å². The van der Waals surface area contributed by atoms with Crippen molar-refractivity contribution < 1.29 is 9.52 Å². The van der Waals surface area contributed by atoms with Crippen LogP contribution >= 0.6 is 0 Å². The number of aromatic nitrogens is 6. The van der Waals surface area contributed by atoms with Crippen molar-refractivity contribution in [2.45, 2.75) is 38.8 Å². The van der Waals surface area contributed by atoms with E-state index in [1.807, 2.05) is 6.92 Å². The van der Waals surface area contributed by atoms with Crippen LogP contribution < -0.4 is 16.6 Å². The Labute approximate surface area is 194 Å². The molecule has 11 nitrogen and oxygen atoms in total. The average molecular weight is 458 g/mol. The largest absolute Gasteiger partial charge is 0.421 e. The summed E-state index contributed by atoms with van der Waals surface area (Å²) in [7, 11) is 0. The highest BCUT2D eigenvalue weighted by atomic mass is 16.4. The van der Waals surface area contributed by atoms with E-state index < -0.39 is 6.04 Å². The molecule has 4 N–H and O–H groups in total. The van der Waals surface area contributed by atoms with Crippen LogP contribution in [0.1, 0.15) is 49.1 Å². The first-order valence-electron chi connectivity index (χ1n) is 10.8. The van der Waals surface area contributed by atoms with Crippen molar-refractivity contribution in [3.8, 4) is 23.3 Å². The molecule has 0 aliphatic heterocycles. The molecular weight excluding hydrogens is 436 g/mol. The van der Waals surface area contributed by atoms with Crippen LogP contribution in [0.4, 0.5) is 11.6 Å². The van der Waals surface area contributed by atoms with Gasteiger partial charge in [0.25, 0.3) is 11.4 Å². The molecule has 1 atom stereocenters. The number of nitrogens with two attached hydrogens (primary N) is 1. The summed E-state index contributed by atoms with van der Waals surface area (Å²) in [5.41, 5.74) is 7.41. The Bertz CT molecular complexity index is 1510. The lowest BCUT2D eigenvalue weighted by molar-refractivity contribution is 0.350. The van der Waals surface area contributed by atoms with Gasteiger partial charge < -0.3 is 20.6 Å². The van der Waals surface area contributed by atoms with Crippen LogP contribution in [0.5, 0.6) is 0 Å². The first kappa shape index (κ1) is 21.5. The van der Waals surface area contributed by atoms with Gasteiger partial charge in [0.2, 0.25) is 5.89 Å². The Morgan fingerprint density at radius 3 is 2.85 bits per heavy atom. The number of aryl methyl sites for hydroxylation is 1. The van der Waals surface area contributed by atoms with E-state index in [1.54, 1.807) is 29.7 Å². The molecule has 3 heterocycles. The predicted molar refractivity (Wildman–Crippen MR) is 125 cm³/mol. The second-order valence-electron chi connectivity index (χ2n) is 8.01. The molecule has 1 unspecified atom stereocenters. The minimum Gasteiger partial charge on any atom is -0.421 e. The van der Waals surface area contributed by atoms with Gasteiger partial charge in [0.15, 0.2) is 0 Å². The normalized spacial score (nSPS) is 14.0. The van der Waals surface area contributed by atoms with Crippen molar-refractivity contribution in [3.63, 3.8) is 0 Å². The van der Waals surface area contributed by atoms with Crippen molar-refractivity contribution in [2.24, 2.45) is 0 Å². The molecule has 5 rings (SSSR count). The minimum atomic E-state index is -0.415. The Hall–Kier alpha value is -4.30. The molecule has 1 aliphatic carbocycles. The maximum absolute atomic E-state index is 13.6. The van der Waals surface area contributed by atoms with Gasteiger partial charge in [-0.25, -0.2) is 15.0 Å². The fraction of sp³-hybridized carbons (Fsp3) is 0.304. The number of nitrogen functional groups attached to an aromatic ring is 1. The summed E-state index contributed by atoms with van der Waals surface area (Å²) in [6, 6.07) is 4.98. The van der Waals surface area contributed by atoms with Crippen molar-refractivity contribution in [2.75, 3.05) is 17.7 Å². The van der Waals surface area contributed by atoms with Gasteiger partial charge in [0.05, 0.1) is 16.9 Å². The van der Waals surface area contributed by atoms with Gasteiger partial charge in [-0.2, -0.15) is 0 Å². The zero-order valence-corrected chi connectivity index (χ0v) is 18.6. The summed E-state index contributed by atoms with van der Waals surface area (Å²) in [6.45, 7) is 3.28. The molecule has 0 spiro atoms. The lowest BCUT2D eigenvalue weighted by atomic mass is 10.1. The lowest BCUT2D eigenvalue weighted by Gasteiger charge is -2.21. The predicted octanol–water partition coefficient (Wildman–Crippen LogP) is 1.98. The zero-order valence-electron chi connectivity index (χ0n) is 18.6. The van der Waals surface area contributed by atoms with E-state index in [-0.39, 0.29) is 29.9 Å². The van der Waals surface area contributed by atoms with Crippen molar-refractivity contribution in [3.05, 3.63) is 52.2 Å². The number of nitrogens with one attached hydrogen (secondary N) is 1. The fourth-order valence-electron chi connectivity index (χ4n) is 3.88. The molecule has 3 aromatic heterocycles. The number of fused-ring (bicyclic) bond motifs is 1. The van der Waals surface area contributed by atoms with Gasteiger partial charge in [-0.05, 0) is 31.9 Å². The maximum atomic E-state index is 13.6. The number of rotatable bonds is 5. The van der Waals surface area contributed by atoms with Gasteiger partial charge in [0, 0.05) is 18.5 Å². The number of benzene rings is 1. The van der Waals surface area contributed by atoms with E-state index in [4.69, 9.17) is 20.2 Å². The topological polar surface area (TPSA) is 158 Å². The quantitative estimate of drug-likeness (QED) is 0.378. The van der Waals surface area contributed by atoms with E-state index in [9.17, 15) is 4.79 Å². The average Bonchev–Trinajstić information content (AvgIpc) is 3.57. The molecule has 11 heteroatoms. The summed E-state index contributed by atoms with van der Waals surface area (Å²) >= 11 is 0. The summed E-state index contributed by atoms with van der Waals surface area (Å²) in [4.78, 5) is 26.8. The van der Waals surface area contributed by atoms with Gasteiger partial charge >= 0.3 is 0 Å². The van der Waals surface area contributed by atoms with Crippen molar-refractivity contribution in [1.29, 1.82) is 0 Å². The molecule has 172 valence electrons. The third kappa shape index (κ3) is 3.84. The number of aliphatic hydroxyl groups is 1. The Balaban J connectivity index is 1.62. The van der Waals surface area contributed by atoms with E-state index in [2.05, 4.69) is 37.3 Å². The molecule has 1 aromatic carbocycles. The molecule has 0 saturated heterocycles. The van der Waals surface area contributed by atoms with Crippen LogP contribution in [0.15, 0.2) is 33.7 Å². The van der Waals surface area contributed by atoms with Gasteiger partial charge in [-0.1, -0.05) is 17.9 Å². The molecule has 1 saturated carbocycles. The Morgan fingerprint density at radius 2 is 2.15 bits per heavy atom. The van der Waals surface area contributed by atoms with Crippen LogP contribution in [0.25, 0.3) is 22.4 Å². The van der Waals surface area contributed by atoms with Crippen molar-refractivity contribution >= 4 is 22.5 Å². The van der Waals surface area contributed by atoms with Gasteiger partial charge in [-0.15, -0.1) is 10.2 Å². The summed E-state index contributed by atoms with van der Waals surface area (Å²) in [6.07, 6.45) is 3.12. The summed E-state index contributed by atoms with van der Waals surface area (Å²) in [5.74, 6) is 7.21. The monoisotopic (exact) mass is 458 g/mol. The number of nitrogens with zero attached hydrogens (tertiary/aromatic N) is 6. The maximum Gasteiger partial charge on any atom is 0.262 e. The smallest absolute Gasteiger partial charge is 0.262 e. The van der Waals surface area contributed by atoms with E-state index in [0.29, 0.717) is 39.6 Å². The molecule has 0 radical (unpaired) electrons. The Morgan fingerprint density at radius 1 is 1.32 bits per heavy atom. The molecular formula is C23H22N8O3. The highest BCUT2D eigenvalue weighted by Gasteiger charge is 2.31. The first-order chi connectivity index (χ1) is 16.5. The third-order valence-corrected chi connectivity index (χ3v) is 5.53. The molecule has 1 aliphatic rings. The van der Waals surface area contributed by atoms with Gasteiger partial charge in [-0.3, -0.25) is 9.36 Å². The standard InChI is InChI=1S/C23H22N8O3/c1-12(27-20-18(19(24)25-11-26-20)22-30-29-13(2)34-22)21-28-16-7-3-5-14(6-4-10-32)17(16)23(33)31(21)15-8-9-15/h3,5,7,11-12,15,32H,8-10H2,1-2H3,(H3,24,25,26,27). The van der Waals surface area contributed by atoms with E-state index in [0.717, 1.165) is 12.8 Å². The highest BCUT2D eigenvalue weighted by molar-refractivity contribution is 5.84. The SMILES string of the molecule is Cc1nnc(-c2c(N)ncnc2NC(C)c2nc3cccc(C#CCO)c3c(=O)n2C2CC2)o1. The zero-order chi connectivity index (χ0) is 23.8. The first-order valence-corrected chi connectivity index (χ1v) is 10.8. The minimum absolute atomic E-state index is 0.0658. The summed E-state index contributed by atoms with van der Waals surface area (Å²) in [5, 5.41) is 20.7. The van der Waals surface area contributed by atoms with Crippen LogP contribution in [0, 0.1) is 18.8 Å². The molecule has 0 amide bonds. The number of aliphatic hydroxyl groups excluding tert-OH is 1. The van der Waals surface area contributed by atoms with Gasteiger partial charge in [0.1, 0.15) is 36.0 Å². The lowest BCUT2D eigenvalue weighted by Crippen LogP contribution is -2.28.